The third-order valence-electron chi connectivity index (χ3n) is 7.52. The number of hydrogen-bond acceptors (Lipinski definition) is 8. The lowest BCUT2D eigenvalue weighted by atomic mass is 9.60. The van der Waals surface area contributed by atoms with Crippen molar-refractivity contribution in [3.63, 3.8) is 0 Å². The highest BCUT2D eigenvalue weighted by Gasteiger charge is 2.54. The van der Waals surface area contributed by atoms with Crippen LogP contribution in [0.5, 0.6) is 5.75 Å². The summed E-state index contributed by atoms with van der Waals surface area (Å²) in [6.45, 7) is 7.63. The number of nitrogens with zero attached hydrogens (tertiary/aromatic N) is 1. The summed E-state index contributed by atoms with van der Waals surface area (Å²) in [5.41, 5.74) is 6.78. The molecule has 1 aromatic carbocycles. The van der Waals surface area contributed by atoms with Crippen LogP contribution in [0.1, 0.15) is 48.7 Å². The molecule has 1 aromatic rings. The van der Waals surface area contributed by atoms with E-state index in [1.165, 1.54) is 6.07 Å². The summed E-state index contributed by atoms with van der Waals surface area (Å²) >= 11 is 0. The predicted molar refractivity (Wildman–Crippen MR) is 133 cm³/mol. The van der Waals surface area contributed by atoms with E-state index in [2.05, 4.69) is 26.1 Å². The first-order valence-corrected chi connectivity index (χ1v) is 12.2. The number of fused-ring (bicyclic) bond motifs is 3. The van der Waals surface area contributed by atoms with Crippen molar-refractivity contribution >= 4 is 17.5 Å². The van der Waals surface area contributed by atoms with Gasteiger partial charge in [-0.15, -0.1) is 0 Å². The van der Waals surface area contributed by atoms with Crippen molar-refractivity contribution in [2.75, 3.05) is 20.6 Å². The maximum Gasteiger partial charge on any atom is 0.255 e. The molecule has 3 aliphatic carbocycles. The second-order valence-corrected chi connectivity index (χ2v) is 11.6. The Labute approximate surface area is 210 Å². The number of nitrogens with two attached hydrogens (primary N) is 1. The summed E-state index contributed by atoms with van der Waals surface area (Å²) in [5, 5.41) is 36.2. The molecule has 0 aliphatic heterocycles. The highest BCUT2D eigenvalue weighted by molar-refractivity contribution is 6.22. The first kappa shape index (κ1) is 25.9. The predicted octanol–water partition coefficient (Wildman–Crippen LogP) is 2.14. The van der Waals surface area contributed by atoms with Crippen LogP contribution < -0.4 is 11.1 Å². The van der Waals surface area contributed by atoms with Crippen molar-refractivity contribution in [2.24, 2.45) is 28.9 Å². The topological polar surface area (TPSA) is 153 Å². The molecule has 0 saturated heterocycles. The van der Waals surface area contributed by atoms with Crippen LogP contribution in [0, 0.1) is 23.2 Å². The number of aliphatic hydroxyl groups excluding tert-OH is 2. The fourth-order valence-electron chi connectivity index (χ4n) is 6.07. The molecular weight excluding hydrogens is 462 g/mol. The average molecular weight is 498 g/mol. The summed E-state index contributed by atoms with van der Waals surface area (Å²) in [6, 6.07) is 2.55. The molecule has 194 valence electrons. The largest absolute Gasteiger partial charge is 0.511 e. The van der Waals surface area contributed by atoms with Crippen LogP contribution in [-0.4, -0.2) is 64.4 Å². The van der Waals surface area contributed by atoms with E-state index < -0.39 is 58.4 Å². The number of allylic oxidation sites excluding steroid dienone is 2. The Balaban J connectivity index is 1.79. The Morgan fingerprint density at radius 2 is 1.81 bits per heavy atom. The lowest BCUT2D eigenvalue weighted by Crippen LogP contribution is -2.53. The van der Waals surface area contributed by atoms with Crippen molar-refractivity contribution in [1.82, 2.24) is 10.2 Å². The fraction of sp³-hybridized carbons (Fsp3) is 0.519. The van der Waals surface area contributed by atoms with Gasteiger partial charge >= 0.3 is 0 Å². The number of ketones is 2. The summed E-state index contributed by atoms with van der Waals surface area (Å²) in [6.07, 6.45) is 0.733. The number of primary amides is 1. The van der Waals surface area contributed by atoms with Gasteiger partial charge in [-0.25, -0.2) is 0 Å². The number of aliphatic hydroxyl groups is 2. The lowest BCUT2D eigenvalue weighted by molar-refractivity contribution is -0.127. The number of carbonyl (C=O) groups is 3. The van der Waals surface area contributed by atoms with Crippen LogP contribution in [-0.2, 0) is 22.6 Å². The van der Waals surface area contributed by atoms with Crippen LogP contribution in [0.4, 0.5) is 0 Å². The minimum Gasteiger partial charge on any atom is -0.511 e. The SMILES string of the molecule is CN(C)C1C(O)=C(C(N)=O)C(=O)C2C(O)=C3C(=O)c4c(O)ccc(CNCC(C)(C)C)c4CC3CC21. The molecule has 4 atom stereocenters. The Bertz CT molecular complexity index is 1210. The Morgan fingerprint density at radius 1 is 1.14 bits per heavy atom. The van der Waals surface area contributed by atoms with Crippen molar-refractivity contribution in [2.45, 2.75) is 46.2 Å². The first-order chi connectivity index (χ1) is 16.7. The van der Waals surface area contributed by atoms with Crippen LogP contribution in [0.25, 0.3) is 0 Å². The van der Waals surface area contributed by atoms with Gasteiger partial charge in [-0.2, -0.15) is 0 Å². The highest BCUT2D eigenvalue weighted by Crippen LogP contribution is 2.50. The maximum absolute atomic E-state index is 13.7. The summed E-state index contributed by atoms with van der Waals surface area (Å²) in [5.74, 6) is -5.49. The monoisotopic (exact) mass is 497 g/mol. The second kappa shape index (κ2) is 9.05. The van der Waals surface area contributed by atoms with E-state index in [4.69, 9.17) is 5.73 Å². The van der Waals surface area contributed by atoms with Gasteiger partial charge in [0.05, 0.1) is 17.5 Å². The number of likely N-dealkylation sites (N-methyl/N-ethyl adjacent to an activating group) is 1. The zero-order valence-electron chi connectivity index (χ0n) is 21.4. The number of rotatable bonds is 5. The number of Topliss-reactive ketones (excluding diaryl/α,β-unsaturated/α-hetero) is 2. The van der Waals surface area contributed by atoms with E-state index in [-0.39, 0.29) is 22.3 Å². The van der Waals surface area contributed by atoms with Crippen LogP contribution in [0.3, 0.4) is 0 Å². The van der Waals surface area contributed by atoms with Gasteiger partial charge < -0.3 is 26.4 Å². The Hall–Kier alpha value is -3.17. The quantitative estimate of drug-likeness (QED) is 0.388. The maximum atomic E-state index is 13.7. The number of amides is 1. The van der Waals surface area contributed by atoms with E-state index in [1.807, 2.05) is 0 Å². The Morgan fingerprint density at radius 3 is 2.39 bits per heavy atom. The van der Waals surface area contributed by atoms with Crippen LogP contribution >= 0.6 is 0 Å². The third-order valence-corrected chi connectivity index (χ3v) is 7.52. The standard InChI is InChI=1S/C27H35N3O6/c1-27(2,3)11-29-10-12-6-7-16(31)18-14(12)8-13-9-15-19(23(33)17(13)22(18)32)24(34)20(26(28)36)25(35)21(15)30(4)5/h6-7,13,15,19,21,29,31,33,35H,8-11H2,1-5H3,(H2,28,36). The molecule has 9 heteroatoms. The summed E-state index contributed by atoms with van der Waals surface area (Å²) in [4.78, 5) is 40.6. The average Bonchev–Trinajstić information content (AvgIpc) is 2.73. The van der Waals surface area contributed by atoms with Crippen molar-refractivity contribution in [1.29, 1.82) is 0 Å². The van der Waals surface area contributed by atoms with E-state index in [0.717, 1.165) is 17.7 Å². The van der Waals surface area contributed by atoms with E-state index in [9.17, 15) is 29.7 Å². The van der Waals surface area contributed by atoms with Gasteiger partial charge in [0.2, 0.25) is 0 Å². The number of phenols is 1. The lowest BCUT2D eigenvalue weighted by Gasteiger charge is -2.46. The molecule has 0 fully saturated rings. The molecule has 1 amide bonds. The number of carbonyl (C=O) groups excluding carboxylic acids is 3. The smallest absolute Gasteiger partial charge is 0.255 e. The van der Waals surface area contributed by atoms with E-state index >= 15 is 0 Å². The van der Waals surface area contributed by atoms with Crippen LogP contribution in [0.15, 0.2) is 34.8 Å². The molecule has 0 heterocycles. The van der Waals surface area contributed by atoms with Gasteiger partial charge in [-0.1, -0.05) is 26.8 Å². The molecule has 0 spiro atoms. The van der Waals surface area contributed by atoms with Gasteiger partial charge in [0.15, 0.2) is 11.6 Å². The van der Waals surface area contributed by atoms with Gasteiger partial charge in [-0.05, 0) is 61.4 Å². The number of phenolic OH excluding ortho intramolecular Hbond substituents is 1. The number of hydrogen-bond donors (Lipinski definition) is 5. The van der Waals surface area contributed by atoms with Crippen molar-refractivity contribution < 1.29 is 29.7 Å². The fourth-order valence-corrected chi connectivity index (χ4v) is 6.07. The zero-order chi connectivity index (χ0) is 26.7. The minimum atomic E-state index is -1.17. The molecule has 4 rings (SSSR count). The number of nitrogens with one attached hydrogen (secondary N) is 1. The molecule has 0 bridgehead atoms. The zero-order valence-corrected chi connectivity index (χ0v) is 21.4. The summed E-state index contributed by atoms with van der Waals surface area (Å²) in [7, 11) is 3.42. The molecule has 0 saturated carbocycles. The molecule has 9 nitrogen and oxygen atoms in total. The first-order valence-electron chi connectivity index (χ1n) is 12.2. The van der Waals surface area contributed by atoms with Crippen LogP contribution in [0.2, 0.25) is 0 Å². The third kappa shape index (κ3) is 4.20. The Kier molecular flexibility index (Phi) is 6.51. The molecule has 0 aromatic heterocycles. The number of benzene rings is 1. The molecule has 36 heavy (non-hydrogen) atoms. The van der Waals surface area contributed by atoms with Crippen molar-refractivity contribution in [3.05, 3.63) is 51.5 Å². The molecule has 3 aliphatic rings. The van der Waals surface area contributed by atoms with E-state index in [0.29, 0.717) is 19.4 Å². The number of aromatic hydroxyl groups is 1. The van der Waals surface area contributed by atoms with Gasteiger partial charge in [0, 0.05) is 18.7 Å². The highest BCUT2D eigenvalue weighted by atomic mass is 16.3. The van der Waals surface area contributed by atoms with Gasteiger partial charge in [0.25, 0.3) is 5.91 Å². The second-order valence-electron chi connectivity index (χ2n) is 11.6. The molecule has 4 unspecified atom stereocenters. The van der Waals surface area contributed by atoms with Crippen molar-refractivity contribution in [3.8, 4) is 5.75 Å². The van der Waals surface area contributed by atoms with Gasteiger partial charge in [0.1, 0.15) is 22.8 Å². The van der Waals surface area contributed by atoms with E-state index in [1.54, 1.807) is 25.1 Å². The van der Waals surface area contributed by atoms with Gasteiger partial charge in [-0.3, -0.25) is 19.3 Å². The minimum absolute atomic E-state index is 0.0703. The molecule has 6 N–H and O–H groups in total. The molecule has 0 radical (unpaired) electrons. The normalized spacial score (nSPS) is 26.2. The summed E-state index contributed by atoms with van der Waals surface area (Å²) < 4.78 is 0. The molecular formula is C27H35N3O6.